The molecule has 0 unspecified atom stereocenters. The highest BCUT2D eigenvalue weighted by Gasteiger charge is 2.12. The van der Waals surface area contributed by atoms with Gasteiger partial charge in [-0.3, -0.25) is 14.2 Å². The van der Waals surface area contributed by atoms with Crippen LogP contribution in [0, 0.1) is 6.92 Å². The van der Waals surface area contributed by atoms with Crippen molar-refractivity contribution < 1.29 is 9.53 Å². The van der Waals surface area contributed by atoms with Gasteiger partial charge in [0.2, 0.25) is 5.91 Å². The Hall–Kier alpha value is -3.93. The lowest BCUT2D eigenvalue weighted by atomic mass is 10.2. The van der Waals surface area contributed by atoms with E-state index < -0.39 is 0 Å². The standard InChI is InChI=1S/C23H19N3O3/c1-16-24-21-13-6-5-12-20(21)23(28)26(16)15-22(27)25-17-8-7-11-19(14-17)29-18-9-3-2-4-10-18/h2-14H,15H2,1H3,(H,25,27). The van der Waals surface area contributed by atoms with E-state index in [1.54, 1.807) is 43.3 Å². The highest BCUT2D eigenvalue weighted by Crippen LogP contribution is 2.23. The predicted molar refractivity (Wildman–Crippen MR) is 112 cm³/mol. The molecule has 0 fully saturated rings. The molecule has 0 radical (unpaired) electrons. The summed E-state index contributed by atoms with van der Waals surface area (Å²) < 4.78 is 7.17. The van der Waals surface area contributed by atoms with Gasteiger partial charge < -0.3 is 10.1 Å². The van der Waals surface area contributed by atoms with Crippen LogP contribution in [-0.2, 0) is 11.3 Å². The quantitative estimate of drug-likeness (QED) is 0.560. The van der Waals surface area contributed by atoms with Crippen LogP contribution in [0.3, 0.4) is 0 Å². The zero-order chi connectivity index (χ0) is 20.2. The van der Waals surface area contributed by atoms with Gasteiger partial charge in [-0.15, -0.1) is 0 Å². The highest BCUT2D eigenvalue weighted by molar-refractivity contribution is 5.91. The van der Waals surface area contributed by atoms with Crippen molar-refractivity contribution >= 4 is 22.5 Å². The minimum absolute atomic E-state index is 0.119. The molecule has 0 bridgehead atoms. The first-order chi connectivity index (χ1) is 14.1. The van der Waals surface area contributed by atoms with E-state index >= 15 is 0 Å². The van der Waals surface area contributed by atoms with Crippen LogP contribution in [0.25, 0.3) is 10.9 Å². The number of hydrogen-bond donors (Lipinski definition) is 1. The van der Waals surface area contributed by atoms with Gasteiger partial charge in [-0.25, -0.2) is 4.98 Å². The molecule has 4 rings (SSSR count). The van der Waals surface area contributed by atoms with Crippen LogP contribution in [-0.4, -0.2) is 15.5 Å². The number of anilines is 1. The van der Waals surface area contributed by atoms with Crippen molar-refractivity contribution in [3.63, 3.8) is 0 Å². The maximum absolute atomic E-state index is 12.7. The Bertz CT molecular complexity index is 1230. The van der Waals surface area contributed by atoms with Crippen molar-refractivity contribution in [2.24, 2.45) is 0 Å². The molecule has 4 aromatic rings. The first kappa shape index (κ1) is 18.4. The lowest BCUT2D eigenvalue weighted by Gasteiger charge is -2.12. The molecule has 1 amide bonds. The average Bonchev–Trinajstić information content (AvgIpc) is 2.72. The Labute approximate surface area is 167 Å². The minimum Gasteiger partial charge on any atom is -0.457 e. The molecule has 144 valence electrons. The van der Waals surface area contributed by atoms with Gasteiger partial charge in [0.25, 0.3) is 5.56 Å². The number of nitrogens with one attached hydrogen (secondary N) is 1. The van der Waals surface area contributed by atoms with Crippen LogP contribution >= 0.6 is 0 Å². The summed E-state index contributed by atoms with van der Waals surface area (Å²) in [5.74, 6) is 1.49. The number of rotatable bonds is 5. The lowest BCUT2D eigenvalue weighted by Crippen LogP contribution is -2.30. The summed E-state index contributed by atoms with van der Waals surface area (Å²) >= 11 is 0. The molecule has 0 aliphatic carbocycles. The maximum Gasteiger partial charge on any atom is 0.261 e. The second kappa shape index (κ2) is 7.98. The number of carbonyl (C=O) groups is 1. The van der Waals surface area contributed by atoms with E-state index in [9.17, 15) is 9.59 Å². The largest absolute Gasteiger partial charge is 0.457 e. The fourth-order valence-corrected chi connectivity index (χ4v) is 3.07. The average molecular weight is 385 g/mol. The van der Waals surface area contributed by atoms with Gasteiger partial charge in [-0.1, -0.05) is 36.4 Å². The van der Waals surface area contributed by atoms with Crippen LogP contribution in [0.15, 0.2) is 83.7 Å². The first-order valence-corrected chi connectivity index (χ1v) is 9.19. The molecule has 0 saturated carbocycles. The molecule has 0 aliphatic heterocycles. The van der Waals surface area contributed by atoms with Gasteiger partial charge in [-0.05, 0) is 43.3 Å². The topological polar surface area (TPSA) is 73.2 Å². The molecule has 1 N–H and O–H groups in total. The molecule has 0 spiro atoms. The van der Waals surface area contributed by atoms with Crippen molar-refractivity contribution in [1.29, 1.82) is 0 Å². The van der Waals surface area contributed by atoms with E-state index in [4.69, 9.17) is 4.74 Å². The summed E-state index contributed by atoms with van der Waals surface area (Å²) in [5.41, 5.74) is 0.977. The minimum atomic E-state index is -0.316. The van der Waals surface area contributed by atoms with Crippen LogP contribution < -0.4 is 15.6 Å². The summed E-state index contributed by atoms with van der Waals surface area (Å²) in [7, 11) is 0. The van der Waals surface area contributed by atoms with Crippen molar-refractivity contribution in [2.75, 3.05) is 5.32 Å². The van der Waals surface area contributed by atoms with Crippen molar-refractivity contribution in [3.8, 4) is 11.5 Å². The summed E-state index contributed by atoms with van der Waals surface area (Å²) in [5, 5.41) is 3.30. The Morgan fingerprint density at radius 2 is 1.69 bits per heavy atom. The fourth-order valence-electron chi connectivity index (χ4n) is 3.07. The van der Waals surface area contributed by atoms with Crippen LogP contribution in [0.1, 0.15) is 5.82 Å². The summed E-state index contributed by atoms with van der Waals surface area (Å²) in [6.45, 7) is 1.60. The second-order valence-corrected chi connectivity index (χ2v) is 6.56. The molecule has 0 saturated heterocycles. The number of fused-ring (bicyclic) bond motifs is 1. The number of para-hydroxylation sites is 2. The van der Waals surface area contributed by atoms with Crippen molar-refractivity contribution in [1.82, 2.24) is 9.55 Å². The maximum atomic E-state index is 12.7. The molecular formula is C23H19N3O3. The van der Waals surface area contributed by atoms with E-state index in [1.807, 2.05) is 42.5 Å². The Kier molecular flexibility index (Phi) is 5.07. The highest BCUT2D eigenvalue weighted by atomic mass is 16.5. The van der Waals surface area contributed by atoms with E-state index in [0.717, 1.165) is 0 Å². The Morgan fingerprint density at radius 1 is 0.966 bits per heavy atom. The molecule has 6 nitrogen and oxygen atoms in total. The summed E-state index contributed by atoms with van der Waals surface area (Å²) in [4.78, 5) is 29.7. The predicted octanol–water partition coefficient (Wildman–Crippen LogP) is 4.14. The van der Waals surface area contributed by atoms with Gasteiger partial charge >= 0.3 is 0 Å². The molecule has 6 heteroatoms. The molecule has 0 atom stereocenters. The molecule has 29 heavy (non-hydrogen) atoms. The number of aromatic nitrogens is 2. The van der Waals surface area contributed by atoms with E-state index in [-0.39, 0.29) is 18.0 Å². The fraction of sp³-hybridized carbons (Fsp3) is 0.0870. The Morgan fingerprint density at radius 3 is 2.52 bits per heavy atom. The van der Waals surface area contributed by atoms with Gasteiger partial charge in [0.1, 0.15) is 23.9 Å². The number of benzene rings is 3. The third kappa shape index (κ3) is 4.16. The smallest absolute Gasteiger partial charge is 0.261 e. The lowest BCUT2D eigenvalue weighted by molar-refractivity contribution is -0.116. The number of nitrogens with zero attached hydrogens (tertiary/aromatic N) is 2. The SMILES string of the molecule is Cc1nc2ccccc2c(=O)n1CC(=O)Nc1cccc(Oc2ccccc2)c1. The molecule has 0 aliphatic rings. The first-order valence-electron chi connectivity index (χ1n) is 9.19. The zero-order valence-corrected chi connectivity index (χ0v) is 15.8. The second-order valence-electron chi connectivity index (χ2n) is 6.56. The molecular weight excluding hydrogens is 366 g/mol. The third-order valence-corrected chi connectivity index (χ3v) is 4.45. The van der Waals surface area contributed by atoms with E-state index in [0.29, 0.717) is 33.9 Å². The van der Waals surface area contributed by atoms with Gasteiger partial charge in [0, 0.05) is 11.8 Å². The van der Waals surface area contributed by atoms with Crippen molar-refractivity contribution in [3.05, 3.63) is 95.0 Å². The van der Waals surface area contributed by atoms with Crippen LogP contribution in [0.2, 0.25) is 0 Å². The molecule has 1 aromatic heterocycles. The van der Waals surface area contributed by atoms with E-state index in [1.165, 1.54) is 4.57 Å². The molecule has 3 aromatic carbocycles. The summed E-state index contributed by atoms with van der Waals surface area (Å²) in [6, 6.07) is 23.6. The Balaban J connectivity index is 1.51. The third-order valence-electron chi connectivity index (χ3n) is 4.45. The zero-order valence-electron chi connectivity index (χ0n) is 15.8. The number of hydrogen-bond acceptors (Lipinski definition) is 4. The molecule has 1 heterocycles. The van der Waals surface area contributed by atoms with Gasteiger partial charge in [-0.2, -0.15) is 0 Å². The number of aryl methyl sites for hydroxylation is 1. The summed E-state index contributed by atoms with van der Waals surface area (Å²) in [6.07, 6.45) is 0. The van der Waals surface area contributed by atoms with E-state index in [2.05, 4.69) is 10.3 Å². The van der Waals surface area contributed by atoms with Crippen LogP contribution in [0.4, 0.5) is 5.69 Å². The van der Waals surface area contributed by atoms with Gasteiger partial charge in [0.15, 0.2) is 0 Å². The number of amides is 1. The van der Waals surface area contributed by atoms with Gasteiger partial charge in [0.05, 0.1) is 10.9 Å². The normalized spacial score (nSPS) is 10.7. The van der Waals surface area contributed by atoms with Crippen molar-refractivity contribution in [2.45, 2.75) is 13.5 Å². The number of carbonyl (C=O) groups excluding carboxylic acids is 1. The van der Waals surface area contributed by atoms with Crippen LogP contribution in [0.5, 0.6) is 11.5 Å². The monoisotopic (exact) mass is 385 g/mol. The number of ether oxygens (including phenoxy) is 1.